The molecule has 88 valence electrons. The van der Waals surface area contributed by atoms with Crippen LogP contribution in [0.5, 0.6) is 17.2 Å². The molecule has 0 bridgehead atoms. The first-order chi connectivity index (χ1) is 7.63. The molecule has 1 aromatic carbocycles. The number of methoxy groups -OCH3 is 2. The van der Waals surface area contributed by atoms with Crippen molar-refractivity contribution in [1.82, 2.24) is 0 Å². The van der Waals surface area contributed by atoms with E-state index in [-0.39, 0.29) is 30.2 Å². The topological polar surface area (TPSA) is 81.8 Å². The Hall–Kier alpha value is -1.75. The zero-order valence-electron chi connectivity index (χ0n) is 9.32. The second-order valence-electron chi connectivity index (χ2n) is 3.19. The number of hydrogen-bond donors (Lipinski definition) is 2. The number of phenolic OH excluding ortho intramolecular Hbond substituents is 1. The number of carbonyl (C=O) groups is 1. The van der Waals surface area contributed by atoms with Crippen molar-refractivity contribution in [2.24, 2.45) is 5.73 Å². The maximum absolute atomic E-state index is 11.7. The summed E-state index contributed by atoms with van der Waals surface area (Å²) >= 11 is 0. The molecule has 0 unspecified atom stereocenters. The third-order valence-corrected chi connectivity index (χ3v) is 2.17. The smallest absolute Gasteiger partial charge is 0.167 e. The standard InChI is InChI=1S/C11H15NO4/c1-15-10-6-9(14)11(16-2)5-7(10)8(13)3-4-12/h5-6,14H,3-4,12H2,1-2H3. The Morgan fingerprint density at radius 2 is 1.94 bits per heavy atom. The largest absolute Gasteiger partial charge is 0.504 e. The van der Waals surface area contributed by atoms with Crippen LogP contribution >= 0.6 is 0 Å². The van der Waals surface area contributed by atoms with Gasteiger partial charge in [-0.2, -0.15) is 0 Å². The van der Waals surface area contributed by atoms with Gasteiger partial charge in [0, 0.05) is 12.5 Å². The number of Topliss-reactive ketones (excluding diaryl/α,β-unsaturated/α-hetero) is 1. The summed E-state index contributed by atoms with van der Waals surface area (Å²) in [4.78, 5) is 11.7. The van der Waals surface area contributed by atoms with Crippen molar-refractivity contribution in [2.45, 2.75) is 6.42 Å². The molecule has 0 atom stereocenters. The molecule has 1 aromatic rings. The molecule has 0 aliphatic carbocycles. The Morgan fingerprint density at radius 3 is 2.44 bits per heavy atom. The Kier molecular flexibility index (Phi) is 4.13. The summed E-state index contributed by atoms with van der Waals surface area (Å²) in [5, 5.41) is 9.52. The van der Waals surface area contributed by atoms with E-state index in [4.69, 9.17) is 15.2 Å². The maximum atomic E-state index is 11.7. The fourth-order valence-electron chi connectivity index (χ4n) is 1.37. The van der Waals surface area contributed by atoms with Crippen LogP contribution in [0.2, 0.25) is 0 Å². The van der Waals surface area contributed by atoms with Gasteiger partial charge in [0.2, 0.25) is 0 Å². The van der Waals surface area contributed by atoms with Gasteiger partial charge in [0.05, 0.1) is 19.8 Å². The number of carbonyl (C=O) groups excluding carboxylic acids is 1. The SMILES string of the molecule is COc1cc(C(=O)CCN)c(OC)cc1O. The summed E-state index contributed by atoms with van der Waals surface area (Å²) in [7, 11) is 2.85. The van der Waals surface area contributed by atoms with Crippen molar-refractivity contribution in [3.63, 3.8) is 0 Å². The van der Waals surface area contributed by atoms with Crippen LogP contribution in [-0.2, 0) is 0 Å². The summed E-state index contributed by atoms with van der Waals surface area (Å²) < 4.78 is 9.94. The molecule has 0 saturated heterocycles. The molecule has 5 heteroatoms. The lowest BCUT2D eigenvalue weighted by molar-refractivity contribution is 0.0982. The first-order valence-electron chi connectivity index (χ1n) is 4.82. The highest BCUT2D eigenvalue weighted by molar-refractivity contribution is 5.99. The minimum atomic E-state index is -0.141. The van der Waals surface area contributed by atoms with Crippen LogP contribution in [0.25, 0.3) is 0 Å². The monoisotopic (exact) mass is 225 g/mol. The number of nitrogens with two attached hydrogens (primary N) is 1. The van der Waals surface area contributed by atoms with Crippen molar-refractivity contribution in [1.29, 1.82) is 0 Å². The van der Waals surface area contributed by atoms with Gasteiger partial charge in [0.15, 0.2) is 17.3 Å². The van der Waals surface area contributed by atoms with Gasteiger partial charge in [-0.25, -0.2) is 0 Å². The van der Waals surface area contributed by atoms with Gasteiger partial charge < -0.3 is 20.3 Å². The van der Waals surface area contributed by atoms with Crippen LogP contribution in [0.3, 0.4) is 0 Å². The Bertz CT molecular complexity index is 390. The summed E-state index contributed by atoms with van der Waals surface area (Å²) in [5.74, 6) is 0.346. The molecule has 0 spiro atoms. The Balaban J connectivity index is 3.19. The molecule has 0 heterocycles. The van der Waals surface area contributed by atoms with Crippen molar-refractivity contribution < 1.29 is 19.4 Å². The molecule has 0 saturated carbocycles. The Morgan fingerprint density at radius 1 is 1.31 bits per heavy atom. The highest BCUT2D eigenvalue weighted by Gasteiger charge is 2.15. The zero-order valence-corrected chi connectivity index (χ0v) is 9.32. The predicted molar refractivity (Wildman–Crippen MR) is 59.2 cm³/mol. The number of ketones is 1. The average Bonchev–Trinajstić information content (AvgIpc) is 2.28. The molecule has 16 heavy (non-hydrogen) atoms. The minimum Gasteiger partial charge on any atom is -0.504 e. The van der Waals surface area contributed by atoms with Crippen LogP contribution < -0.4 is 15.2 Å². The van der Waals surface area contributed by atoms with E-state index in [0.29, 0.717) is 11.3 Å². The molecule has 3 N–H and O–H groups in total. The lowest BCUT2D eigenvalue weighted by Gasteiger charge is -2.10. The van der Waals surface area contributed by atoms with E-state index >= 15 is 0 Å². The van der Waals surface area contributed by atoms with Gasteiger partial charge in [0.1, 0.15) is 5.75 Å². The molecule has 0 amide bonds. The van der Waals surface area contributed by atoms with Crippen LogP contribution in [-0.4, -0.2) is 31.7 Å². The van der Waals surface area contributed by atoms with Gasteiger partial charge >= 0.3 is 0 Å². The number of hydrogen-bond acceptors (Lipinski definition) is 5. The number of aromatic hydroxyl groups is 1. The van der Waals surface area contributed by atoms with E-state index in [2.05, 4.69) is 0 Å². The van der Waals surface area contributed by atoms with E-state index in [1.807, 2.05) is 0 Å². The summed E-state index contributed by atoms with van der Waals surface area (Å²) in [6.45, 7) is 0.269. The van der Waals surface area contributed by atoms with Crippen LogP contribution in [0.1, 0.15) is 16.8 Å². The van der Waals surface area contributed by atoms with Crippen LogP contribution in [0, 0.1) is 0 Å². The van der Waals surface area contributed by atoms with E-state index < -0.39 is 0 Å². The summed E-state index contributed by atoms with van der Waals surface area (Å²) in [6.07, 6.45) is 0.226. The van der Waals surface area contributed by atoms with Gasteiger partial charge in [-0.05, 0) is 12.6 Å². The lowest BCUT2D eigenvalue weighted by Crippen LogP contribution is -2.09. The molecule has 5 nitrogen and oxygen atoms in total. The number of rotatable bonds is 5. The third kappa shape index (κ3) is 2.43. The molecule has 0 fully saturated rings. The third-order valence-electron chi connectivity index (χ3n) is 2.17. The summed E-state index contributed by atoms with van der Waals surface area (Å²) in [6, 6.07) is 2.80. The minimum absolute atomic E-state index is 0.0661. The molecule has 0 aliphatic rings. The van der Waals surface area contributed by atoms with Crippen LogP contribution in [0.15, 0.2) is 12.1 Å². The average molecular weight is 225 g/mol. The van der Waals surface area contributed by atoms with Crippen molar-refractivity contribution >= 4 is 5.78 Å². The predicted octanol–water partition coefficient (Wildman–Crippen LogP) is 0.941. The van der Waals surface area contributed by atoms with Crippen molar-refractivity contribution in [2.75, 3.05) is 20.8 Å². The molecule has 0 aromatic heterocycles. The van der Waals surface area contributed by atoms with Gasteiger partial charge in [-0.1, -0.05) is 0 Å². The van der Waals surface area contributed by atoms with Gasteiger partial charge in [-0.15, -0.1) is 0 Å². The highest BCUT2D eigenvalue weighted by Crippen LogP contribution is 2.34. The lowest BCUT2D eigenvalue weighted by atomic mass is 10.1. The fourth-order valence-corrected chi connectivity index (χ4v) is 1.37. The zero-order chi connectivity index (χ0) is 12.1. The van der Waals surface area contributed by atoms with E-state index in [1.165, 1.54) is 26.4 Å². The second kappa shape index (κ2) is 5.37. The first kappa shape index (κ1) is 12.3. The summed E-state index contributed by atoms with van der Waals surface area (Å²) in [5.41, 5.74) is 5.68. The Labute approximate surface area is 93.8 Å². The quantitative estimate of drug-likeness (QED) is 0.729. The number of ether oxygens (including phenoxy) is 2. The molecule has 0 aliphatic heterocycles. The first-order valence-corrected chi connectivity index (χ1v) is 4.82. The van der Waals surface area contributed by atoms with E-state index in [9.17, 15) is 9.90 Å². The highest BCUT2D eigenvalue weighted by atomic mass is 16.5. The second-order valence-corrected chi connectivity index (χ2v) is 3.19. The van der Waals surface area contributed by atoms with Gasteiger partial charge in [-0.3, -0.25) is 4.79 Å². The van der Waals surface area contributed by atoms with E-state index in [0.717, 1.165) is 0 Å². The van der Waals surface area contributed by atoms with Crippen molar-refractivity contribution in [3.8, 4) is 17.2 Å². The van der Waals surface area contributed by atoms with Crippen LogP contribution in [0.4, 0.5) is 0 Å². The molecule has 1 rings (SSSR count). The molecular formula is C11H15NO4. The molecular weight excluding hydrogens is 210 g/mol. The number of benzene rings is 1. The number of phenols is 1. The normalized spacial score (nSPS) is 9.94. The van der Waals surface area contributed by atoms with Gasteiger partial charge in [0.25, 0.3) is 0 Å². The maximum Gasteiger partial charge on any atom is 0.167 e. The van der Waals surface area contributed by atoms with E-state index in [1.54, 1.807) is 0 Å². The van der Waals surface area contributed by atoms with Crippen molar-refractivity contribution in [3.05, 3.63) is 17.7 Å². The molecule has 0 radical (unpaired) electrons. The fraction of sp³-hybridized carbons (Fsp3) is 0.364.